The van der Waals surface area contributed by atoms with Gasteiger partial charge in [0.2, 0.25) is 11.8 Å². The van der Waals surface area contributed by atoms with Crippen molar-refractivity contribution in [2.75, 3.05) is 18.0 Å². The first kappa shape index (κ1) is 17.1. The zero-order valence-electron chi connectivity index (χ0n) is 13.6. The number of carboxylic acid groups (broad SMARTS) is 1. The van der Waals surface area contributed by atoms with Crippen LogP contribution in [0.4, 0.5) is 5.69 Å². The lowest BCUT2D eigenvalue weighted by Gasteiger charge is -2.33. The van der Waals surface area contributed by atoms with Gasteiger partial charge in [0.15, 0.2) is 0 Å². The van der Waals surface area contributed by atoms with E-state index in [1.807, 2.05) is 4.90 Å². The molecule has 132 valence electrons. The van der Waals surface area contributed by atoms with Crippen LogP contribution in [0, 0.1) is 5.92 Å². The lowest BCUT2D eigenvalue weighted by molar-refractivity contribution is -0.124. The number of primary amides is 1. The van der Waals surface area contributed by atoms with Crippen molar-refractivity contribution >= 4 is 29.4 Å². The van der Waals surface area contributed by atoms with Gasteiger partial charge in [-0.15, -0.1) is 0 Å². The van der Waals surface area contributed by atoms with E-state index in [1.54, 1.807) is 0 Å². The lowest BCUT2D eigenvalue weighted by atomic mass is 9.95. The summed E-state index contributed by atoms with van der Waals surface area (Å²) < 4.78 is 0. The predicted molar refractivity (Wildman–Crippen MR) is 87.8 cm³/mol. The minimum atomic E-state index is -1.07. The van der Waals surface area contributed by atoms with E-state index in [0.717, 1.165) is 4.90 Å². The smallest absolute Gasteiger partial charge is 0.335 e. The third kappa shape index (κ3) is 3.25. The highest BCUT2D eigenvalue weighted by molar-refractivity contribution is 6.22. The van der Waals surface area contributed by atoms with Gasteiger partial charge in [-0.3, -0.25) is 19.3 Å². The van der Waals surface area contributed by atoms with Crippen LogP contribution in [-0.4, -0.2) is 52.8 Å². The zero-order chi connectivity index (χ0) is 18.1. The van der Waals surface area contributed by atoms with E-state index < -0.39 is 12.0 Å². The molecule has 3 rings (SSSR count). The Bertz CT molecular complexity index is 722. The fraction of sp³-hybridized carbons (Fsp3) is 0.412. The van der Waals surface area contributed by atoms with Crippen LogP contribution in [0.5, 0.6) is 0 Å². The van der Waals surface area contributed by atoms with E-state index in [1.165, 1.54) is 24.3 Å². The summed E-state index contributed by atoms with van der Waals surface area (Å²) in [6.07, 6.45) is 1.25. The van der Waals surface area contributed by atoms with Gasteiger partial charge < -0.3 is 10.8 Å². The normalized spacial score (nSPS) is 22.4. The van der Waals surface area contributed by atoms with Gasteiger partial charge in [-0.1, -0.05) is 0 Å². The summed E-state index contributed by atoms with van der Waals surface area (Å²) in [6, 6.07) is 5.11. The van der Waals surface area contributed by atoms with Crippen molar-refractivity contribution in [3.63, 3.8) is 0 Å². The second kappa shape index (κ2) is 6.64. The standard InChI is InChI=1S/C17H19N3O5/c18-15(22)10-5-7-19(8-6-10)13-9-14(21)20(16(13)23)12-3-1-11(2-4-12)17(24)25/h1-4,10,13H,5-9H2,(H2,18,22)(H,24,25)/t13-/m0/s1. The summed E-state index contributed by atoms with van der Waals surface area (Å²) in [5.41, 5.74) is 5.78. The van der Waals surface area contributed by atoms with Crippen LogP contribution in [0.2, 0.25) is 0 Å². The van der Waals surface area contributed by atoms with Crippen molar-refractivity contribution in [1.29, 1.82) is 0 Å². The Morgan fingerprint density at radius 3 is 2.20 bits per heavy atom. The van der Waals surface area contributed by atoms with Crippen LogP contribution in [0.3, 0.4) is 0 Å². The van der Waals surface area contributed by atoms with Gasteiger partial charge in [0.1, 0.15) is 0 Å². The summed E-state index contributed by atoms with van der Waals surface area (Å²) in [4.78, 5) is 50.2. The maximum Gasteiger partial charge on any atom is 0.335 e. The molecule has 0 spiro atoms. The van der Waals surface area contributed by atoms with E-state index in [-0.39, 0.29) is 35.6 Å². The molecule has 1 aromatic carbocycles. The lowest BCUT2D eigenvalue weighted by Crippen LogP contribution is -2.47. The Balaban J connectivity index is 1.72. The highest BCUT2D eigenvalue weighted by Gasteiger charge is 2.43. The second-order valence-corrected chi connectivity index (χ2v) is 6.35. The molecular weight excluding hydrogens is 326 g/mol. The van der Waals surface area contributed by atoms with Crippen molar-refractivity contribution in [3.05, 3.63) is 29.8 Å². The van der Waals surface area contributed by atoms with Crippen LogP contribution >= 0.6 is 0 Å². The number of imide groups is 1. The Morgan fingerprint density at radius 2 is 1.68 bits per heavy atom. The number of carboxylic acids is 1. The highest BCUT2D eigenvalue weighted by Crippen LogP contribution is 2.28. The first-order chi connectivity index (χ1) is 11.9. The van der Waals surface area contributed by atoms with Gasteiger partial charge in [0, 0.05) is 5.92 Å². The van der Waals surface area contributed by atoms with Gasteiger partial charge in [0.05, 0.1) is 23.7 Å². The molecule has 2 aliphatic rings. The largest absolute Gasteiger partial charge is 0.478 e. The number of nitrogens with zero attached hydrogens (tertiary/aromatic N) is 2. The number of rotatable bonds is 4. The number of aromatic carboxylic acids is 1. The number of anilines is 1. The van der Waals surface area contributed by atoms with Crippen LogP contribution in [0.1, 0.15) is 29.6 Å². The molecule has 1 atom stereocenters. The minimum Gasteiger partial charge on any atom is -0.478 e. The van der Waals surface area contributed by atoms with Gasteiger partial charge in [-0.2, -0.15) is 0 Å². The molecule has 3 N–H and O–H groups in total. The van der Waals surface area contributed by atoms with E-state index in [9.17, 15) is 19.2 Å². The first-order valence-electron chi connectivity index (χ1n) is 8.12. The molecule has 2 heterocycles. The van der Waals surface area contributed by atoms with Gasteiger partial charge in [0.25, 0.3) is 5.91 Å². The Hall–Kier alpha value is -2.74. The summed E-state index contributed by atoms with van der Waals surface area (Å²) in [5, 5.41) is 8.93. The quantitative estimate of drug-likeness (QED) is 0.753. The molecule has 0 unspecified atom stereocenters. The van der Waals surface area contributed by atoms with Crippen LogP contribution in [0.15, 0.2) is 24.3 Å². The van der Waals surface area contributed by atoms with E-state index in [0.29, 0.717) is 31.6 Å². The molecule has 2 aliphatic heterocycles. The molecule has 25 heavy (non-hydrogen) atoms. The number of likely N-dealkylation sites (tertiary alicyclic amines) is 1. The number of benzene rings is 1. The van der Waals surface area contributed by atoms with Crippen LogP contribution in [0.25, 0.3) is 0 Å². The van der Waals surface area contributed by atoms with Gasteiger partial charge in [-0.25, -0.2) is 9.69 Å². The fourth-order valence-corrected chi connectivity index (χ4v) is 3.42. The molecule has 8 heteroatoms. The van der Waals surface area contributed by atoms with E-state index in [2.05, 4.69) is 0 Å². The number of carbonyl (C=O) groups excluding carboxylic acids is 3. The summed E-state index contributed by atoms with van der Waals surface area (Å²) in [6.45, 7) is 1.09. The van der Waals surface area contributed by atoms with Crippen LogP contribution in [-0.2, 0) is 14.4 Å². The van der Waals surface area contributed by atoms with Crippen molar-refractivity contribution < 1.29 is 24.3 Å². The average Bonchev–Trinajstić information content (AvgIpc) is 2.89. The predicted octanol–water partition coefficient (Wildman–Crippen LogP) is 0.214. The van der Waals surface area contributed by atoms with E-state index in [4.69, 9.17) is 10.8 Å². The SMILES string of the molecule is NC(=O)C1CCN([C@H]2CC(=O)N(c3ccc(C(=O)O)cc3)C2=O)CC1. The number of hydrogen-bond donors (Lipinski definition) is 2. The van der Waals surface area contributed by atoms with Crippen molar-refractivity contribution in [1.82, 2.24) is 4.90 Å². The molecular formula is C17H19N3O5. The molecule has 0 bridgehead atoms. The third-order valence-electron chi connectivity index (χ3n) is 4.87. The average molecular weight is 345 g/mol. The molecule has 8 nitrogen and oxygen atoms in total. The molecule has 3 amide bonds. The summed E-state index contributed by atoms with van der Waals surface area (Å²) in [5.74, 6) is -2.20. The number of carbonyl (C=O) groups is 4. The summed E-state index contributed by atoms with van der Waals surface area (Å²) in [7, 11) is 0. The van der Waals surface area contributed by atoms with Crippen molar-refractivity contribution in [2.24, 2.45) is 11.7 Å². The van der Waals surface area contributed by atoms with Crippen molar-refractivity contribution in [3.8, 4) is 0 Å². The molecule has 0 saturated carbocycles. The molecule has 0 aromatic heterocycles. The molecule has 2 fully saturated rings. The Morgan fingerprint density at radius 1 is 1.08 bits per heavy atom. The fourth-order valence-electron chi connectivity index (χ4n) is 3.42. The van der Waals surface area contributed by atoms with Gasteiger partial charge >= 0.3 is 5.97 Å². The zero-order valence-corrected chi connectivity index (χ0v) is 13.6. The third-order valence-corrected chi connectivity index (χ3v) is 4.87. The molecule has 1 aromatic rings. The second-order valence-electron chi connectivity index (χ2n) is 6.35. The Kier molecular flexibility index (Phi) is 4.54. The first-order valence-corrected chi connectivity index (χ1v) is 8.12. The monoisotopic (exact) mass is 345 g/mol. The molecule has 0 aliphatic carbocycles. The Labute approximate surface area is 144 Å². The molecule has 2 saturated heterocycles. The molecule has 0 radical (unpaired) electrons. The maximum absolute atomic E-state index is 12.7. The number of nitrogens with two attached hydrogens (primary N) is 1. The van der Waals surface area contributed by atoms with E-state index >= 15 is 0 Å². The topological polar surface area (TPSA) is 121 Å². The number of amides is 3. The van der Waals surface area contributed by atoms with Crippen LogP contribution < -0.4 is 10.6 Å². The van der Waals surface area contributed by atoms with Gasteiger partial charge in [-0.05, 0) is 50.2 Å². The number of hydrogen-bond acceptors (Lipinski definition) is 5. The number of piperidine rings is 1. The van der Waals surface area contributed by atoms with Crippen molar-refractivity contribution in [2.45, 2.75) is 25.3 Å². The summed E-state index contributed by atoms with van der Waals surface area (Å²) >= 11 is 0. The minimum absolute atomic E-state index is 0.0841. The maximum atomic E-state index is 12.7. The highest BCUT2D eigenvalue weighted by atomic mass is 16.4.